The third kappa shape index (κ3) is 4.63. The molecule has 0 spiro atoms. The van der Waals surface area contributed by atoms with Gasteiger partial charge >= 0.3 is 0 Å². The number of carbonyl (C=O) groups is 1. The molecule has 1 amide bonds. The van der Waals surface area contributed by atoms with Crippen LogP contribution in [0.5, 0.6) is 5.75 Å². The first-order valence-corrected chi connectivity index (χ1v) is 10.3. The number of benzene rings is 2. The molecule has 2 aromatic carbocycles. The Kier molecular flexibility index (Phi) is 6.48. The van der Waals surface area contributed by atoms with Crippen molar-refractivity contribution < 1.29 is 14.3 Å². The number of carbonyl (C=O) groups excluding carboxylic acids is 1. The molecule has 1 saturated heterocycles. The van der Waals surface area contributed by atoms with Gasteiger partial charge in [0, 0.05) is 25.8 Å². The van der Waals surface area contributed by atoms with E-state index >= 15 is 0 Å². The SMILES string of the molecule is COc1ccccc1C(=O)N/C(=C/N)C(=N)c1nc2cc(CN3CCOCC3)ccc2[nH]1. The second kappa shape index (κ2) is 9.63. The first-order valence-electron chi connectivity index (χ1n) is 10.3. The van der Waals surface area contributed by atoms with E-state index < -0.39 is 5.91 Å². The Morgan fingerprint density at radius 1 is 1.31 bits per heavy atom. The fourth-order valence-electron chi connectivity index (χ4n) is 3.62. The lowest BCUT2D eigenvalue weighted by Crippen LogP contribution is -2.35. The van der Waals surface area contributed by atoms with Gasteiger partial charge in [-0.15, -0.1) is 0 Å². The monoisotopic (exact) mass is 434 g/mol. The smallest absolute Gasteiger partial charge is 0.259 e. The molecule has 166 valence electrons. The fraction of sp³-hybridized carbons (Fsp3) is 0.261. The Hall–Kier alpha value is -3.69. The van der Waals surface area contributed by atoms with E-state index in [4.69, 9.17) is 20.6 Å². The number of para-hydroxylation sites is 1. The van der Waals surface area contributed by atoms with Gasteiger partial charge in [0.1, 0.15) is 11.5 Å². The van der Waals surface area contributed by atoms with Gasteiger partial charge in [0.15, 0.2) is 5.82 Å². The maximum absolute atomic E-state index is 12.7. The van der Waals surface area contributed by atoms with Crippen LogP contribution in [0.25, 0.3) is 11.0 Å². The Balaban J connectivity index is 1.50. The van der Waals surface area contributed by atoms with E-state index in [1.54, 1.807) is 24.3 Å². The van der Waals surface area contributed by atoms with E-state index in [2.05, 4.69) is 20.2 Å². The number of allylic oxidation sites excluding steroid dienone is 1. The molecule has 0 saturated carbocycles. The zero-order valence-corrected chi connectivity index (χ0v) is 17.9. The topological polar surface area (TPSA) is 129 Å². The number of fused-ring (bicyclic) bond motifs is 1. The summed E-state index contributed by atoms with van der Waals surface area (Å²) in [6.07, 6.45) is 1.19. The van der Waals surface area contributed by atoms with E-state index in [9.17, 15) is 4.79 Å². The van der Waals surface area contributed by atoms with Crippen molar-refractivity contribution in [2.45, 2.75) is 6.54 Å². The van der Waals surface area contributed by atoms with E-state index in [1.165, 1.54) is 13.3 Å². The van der Waals surface area contributed by atoms with Gasteiger partial charge < -0.3 is 25.5 Å². The van der Waals surface area contributed by atoms with E-state index in [0.29, 0.717) is 17.1 Å². The lowest BCUT2D eigenvalue weighted by atomic mass is 10.1. The summed E-state index contributed by atoms with van der Waals surface area (Å²) < 4.78 is 10.6. The van der Waals surface area contributed by atoms with Crippen molar-refractivity contribution in [2.75, 3.05) is 33.4 Å². The second-order valence-electron chi connectivity index (χ2n) is 7.44. The molecule has 32 heavy (non-hydrogen) atoms. The van der Waals surface area contributed by atoms with Crippen LogP contribution in [0, 0.1) is 5.41 Å². The van der Waals surface area contributed by atoms with Gasteiger partial charge in [0.25, 0.3) is 5.91 Å². The summed E-state index contributed by atoms with van der Waals surface area (Å²) in [5, 5.41) is 11.2. The summed E-state index contributed by atoms with van der Waals surface area (Å²) in [6, 6.07) is 12.9. The molecule has 0 radical (unpaired) electrons. The van der Waals surface area contributed by atoms with Gasteiger partial charge in [-0.05, 0) is 29.8 Å². The van der Waals surface area contributed by atoms with Gasteiger partial charge in [-0.2, -0.15) is 0 Å². The molecular formula is C23H26N6O3. The van der Waals surface area contributed by atoms with Crippen molar-refractivity contribution in [3.05, 3.63) is 71.3 Å². The maximum atomic E-state index is 12.7. The first-order chi connectivity index (χ1) is 15.6. The van der Waals surface area contributed by atoms with Crippen molar-refractivity contribution in [3.63, 3.8) is 0 Å². The van der Waals surface area contributed by atoms with Gasteiger partial charge in [0.05, 0.1) is 42.6 Å². The minimum absolute atomic E-state index is 0.0123. The molecule has 9 nitrogen and oxygen atoms in total. The third-order valence-electron chi connectivity index (χ3n) is 5.33. The fourth-order valence-corrected chi connectivity index (χ4v) is 3.62. The van der Waals surface area contributed by atoms with E-state index in [-0.39, 0.29) is 11.4 Å². The molecule has 0 bridgehead atoms. The van der Waals surface area contributed by atoms with Crippen LogP contribution >= 0.6 is 0 Å². The summed E-state index contributed by atoms with van der Waals surface area (Å²) in [7, 11) is 1.50. The number of nitrogens with one attached hydrogen (secondary N) is 3. The number of H-pyrrole nitrogens is 1. The van der Waals surface area contributed by atoms with Crippen LogP contribution in [-0.2, 0) is 11.3 Å². The van der Waals surface area contributed by atoms with Crippen LogP contribution in [-0.4, -0.2) is 59.9 Å². The number of nitrogens with zero attached hydrogens (tertiary/aromatic N) is 2. The molecule has 2 heterocycles. The van der Waals surface area contributed by atoms with E-state index in [1.807, 2.05) is 18.2 Å². The molecule has 4 rings (SSSR count). The minimum atomic E-state index is -0.423. The molecule has 0 atom stereocenters. The number of methoxy groups -OCH3 is 1. The predicted octanol–water partition coefficient (Wildman–Crippen LogP) is 2.00. The van der Waals surface area contributed by atoms with Gasteiger partial charge in [0.2, 0.25) is 0 Å². The largest absolute Gasteiger partial charge is 0.496 e. The molecule has 0 aliphatic carbocycles. The number of aromatic amines is 1. The summed E-state index contributed by atoms with van der Waals surface area (Å²) in [5.41, 5.74) is 8.91. The molecule has 3 aromatic rings. The van der Waals surface area contributed by atoms with E-state index in [0.717, 1.165) is 49.4 Å². The number of hydrogen-bond acceptors (Lipinski definition) is 7. The average molecular weight is 435 g/mol. The Bertz CT molecular complexity index is 1160. The van der Waals surface area contributed by atoms with Crippen molar-refractivity contribution >= 4 is 22.7 Å². The number of morpholine rings is 1. The number of rotatable bonds is 7. The molecule has 0 unspecified atom stereocenters. The summed E-state index contributed by atoms with van der Waals surface area (Å²) in [5.74, 6) is 0.331. The quantitative estimate of drug-likeness (QED) is 0.421. The second-order valence-corrected chi connectivity index (χ2v) is 7.44. The first kappa shape index (κ1) is 21.5. The van der Waals surface area contributed by atoms with Crippen LogP contribution in [0.15, 0.2) is 54.4 Å². The van der Waals surface area contributed by atoms with Gasteiger partial charge in [-0.1, -0.05) is 18.2 Å². The summed E-state index contributed by atoms with van der Waals surface area (Å²) in [4.78, 5) is 22.7. The molecule has 9 heteroatoms. The number of hydrogen-bond donors (Lipinski definition) is 4. The lowest BCUT2D eigenvalue weighted by Gasteiger charge is -2.26. The number of ether oxygens (including phenoxy) is 2. The highest BCUT2D eigenvalue weighted by atomic mass is 16.5. The number of aromatic nitrogens is 2. The van der Waals surface area contributed by atoms with Crippen LogP contribution < -0.4 is 15.8 Å². The zero-order valence-electron chi connectivity index (χ0n) is 17.9. The molecule has 5 N–H and O–H groups in total. The highest BCUT2D eigenvalue weighted by molar-refractivity contribution is 6.12. The minimum Gasteiger partial charge on any atom is -0.496 e. The zero-order chi connectivity index (χ0) is 22.5. The van der Waals surface area contributed by atoms with Crippen LogP contribution in [0.1, 0.15) is 21.7 Å². The third-order valence-corrected chi connectivity index (χ3v) is 5.33. The summed E-state index contributed by atoms with van der Waals surface area (Å²) >= 11 is 0. The molecule has 1 aliphatic heterocycles. The number of imidazole rings is 1. The standard InChI is InChI=1S/C23H26N6O3/c1-31-20-5-3-2-4-16(20)23(30)28-19(13-24)21(25)22-26-17-7-6-15(12-18(17)27-22)14-29-8-10-32-11-9-29/h2-7,12-13,25H,8-11,14,24H2,1H3,(H,26,27)(H,28,30)/b19-13+,25-21?. The van der Waals surface area contributed by atoms with Crippen LogP contribution in [0.4, 0.5) is 0 Å². The van der Waals surface area contributed by atoms with Crippen molar-refractivity contribution in [1.82, 2.24) is 20.2 Å². The Morgan fingerprint density at radius 3 is 2.84 bits per heavy atom. The van der Waals surface area contributed by atoms with Crippen LogP contribution in [0.2, 0.25) is 0 Å². The Labute approximate surface area is 185 Å². The van der Waals surface area contributed by atoms with Gasteiger partial charge in [-0.25, -0.2) is 4.98 Å². The summed E-state index contributed by atoms with van der Waals surface area (Å²) in [6.45, 7) is 4.14. The van der Waals surface area contributed by atoms with Crippen LogP contribution in [0.3, 0.4) is 0 Å². The molecule has 1 aromatic heterocycles. The normalized spacial score (nSPS) is 15.0. The maximum Gasteiger partial charge on any atom is 0.259 e. The van der Waals surface area contributed by atoms with Crippen molar-refractivity contribution in [1.29, 1.82) is 5.41 Å². The van der Waals surface area contributed by atoms with Crippen molar-refractivity contribution in [3.8, 4) is 5.75 Å². The average Bonchev–Trinajstić information content (AvgIpc) is 3.26. The lowest BCUT2D eigenvalue weighted by molar-refractivity contribution is 0.0342. The Morgan fingerprint density at radius 2 is 2.09 bits per heavy atom. The molecule has 1 fully saturated rings. The highest BCUT2D eigenvalue weighted by Crippen LogP contribution is 2.19. The molecule has 1 aliphatic rings. The number of amides is 1. The number of nitrogens with two attached hydrogens (primary N) is 1. The van der Waals surface area contributed by atoms with Crippen molar-refractivity contribution in [2.24, 2.45) is 5.73 Å². The molecular weight excluding hydrogens is 408 g/mol. The predicted molar refractivity (Wildman–Crippen MR) is 122 cm³/mol. The van der Waals surface area contributed by atoms with Gasteiger partial charge in [-0.3, -0.25) is 15.1 Å². The highest BCUT2D eigenvalue weighted by Gasteiger charge is 2.18.